The van der Waals surface area contributed by atoms with E-state index in [4.69, 9.17) is 9.72 Å². The van der Waals surface area contributed by atoms with Crippen molar-refractivity contribution in [3.05, 3.63) is 95.8 Å². The summed E-state index contributed by atoms with van der Waals surface area (Å²) in [5.74, 6) is 1.92. The lowest BCUT2D eigenvalue weighted by atomic mass is 9.70. The molecule has 0 aliphatic carbocycles. The number of likely N-dealkylation sites (tertiary alicyclic amines) is 1. The quantitative estimate of drug-likeness (QED) is 0.223. The topological polar surface area (TPSA) is 50.6 Å². The minimum atomic E-state index is 0.0882. The SMILES string of the molecule is CCOc1ccccc1C(=O)N1CCC(CCN2[C@@H]3CC[C@H]2C[C@@H](n2c(C)nc4ccccc42)C3)(c2ccccc2)CC1. The molecule has 43 heavy (non-hydrogen) atoms. The number of imidazole rings is 1. The molecule has 0 N–H and O–H groups in total. The third kappa shape index (κ3) is 5.24. The molecule has 224 valence electrons. The molecule has 6 heteroatoms. The number of para-hydroxylation sites is 3. The van der Waals surface area contributed by atoms with Gasteiger partial charge in [0.15, 0.2) is 0 Å². The van der Waals surface area contributed by atoms with Gasteiger partial charge >= 0.3 is 0 Å². The molecule has 3 aromatic carbocycles. The van der Waals surface area contributed by atoms with Gasteiger partial charge in [0.05, 0.1) is 23.2 Å². The maximum atomic E-state index is 13.6. The van der Waals surface area contributed by atoms with Crippen molar-refractivity contribution in [1.82, 2.24) is 19.4 Å². The Kier molecular flexibility index (Phi) is 7.72. The van der Waals surface area contributed by atoms with Crippen LogP contribution >= 0.6 is 0 Å². The Morgan fingerprint density at radius 3 is 2.30 bits per heavy atom. The standard InChI is InChI=1S/C37H44N4O2/c1-3-43-35-16-10-7-13-32(35)36(42)39-22-19-37(20-23-39,28-11-5-4-6-12-28)21-24-40-29-17-18-30(40)26-31(25-29)41-27(2)38-33-14-8-9-15-34(33)41/h4-16,29-31H,3,17-26H2,1-2H3/t29-,30+,31+. The van der Waals surface area contributed by atoms with Crippen molar-refractivity contribution in [2.45, 2.75) is 82.3 Å². The van der Waals surface area contributed by atoms with Gasteiger partial charge in [0.1, 0.15) is 11.6 Å². The molecule has 0 unspecified atom stereocenters. The van der Waals surface area contributed by atoms with Crippen LogP contribution in [-0.4, -0.2) is 63.6 Å². The van der Waals surface area contributed by atoms with E-state index >= 15 is 0 Å². The number of benzene rings is 3. The van der Waals surface area contributed by atoms with E-state index in [-0.39, 0.29) is 11.3 Å². The summed E-state index contributed by atoms with van der Waals surface area (Å²) in [6.45, 7) is 7.36. The summed E-state index contributed by atoms with van der Waals surface area (Å²) >= 11 is 0. The maximum absolute atomic E-state index is 13.6. The molecule has 2 bridgehead atoms. The van der Waals surface area contributed by atoms with E-state index in [1.165, 1.54) is 36.8 Å². The highest BCUT2D eigenvalue weighted by Crippen LogP contribution is 2.45. The predicted molar refractivity (Wildman–Crippen MR) is 172 cm³/mol. The van der Waals surface area contributed by atoms with E-state index in [2.05, 4.69) is 71.0 Å². The summed E-state index contributed by atoms with van der Waals surface area (Å²) in [6.07, 6.45) is 8.13. The number of piperidine rings is 2. The van der Waals surface area contributed by atoms with E-state index in [0.29, 0.717) is 36.0 Å². The van der Waals surface area contributed by atoms with Crippen LogP contribution in [0.25, 0.3) is 11.0 Å². The van der Waals surface area contributed by atoms with Gasteiger partial charge in [-0.1, -0.05) is 54.6 Å². The van der Waals surface area contributed by atoms with Gasteiger partial charge in [-0.05, 0) is 101 Å². The minimum absolute atomic E-state index is 0.0882. The van der Waals surface area contributed by atoms with Crippen molar-refractivity contribution in [2.24, 2.45) is 0 Å². The zero-order valence-electron chi connectivity index (χ0n) is 25.6. The van der Waals surface area contributed by atoms with E-state index < -0.39 is 0 Å². The normalized spacial score (nSPS) is 23.5. The van der Waals surface area contributed by atoms with Crippen molar-refractivity contribution in [2.75, 3.05) is 26.2 Å². The first-order chi connectivity index (χ1) is 21.1. The highest BCUT2D eigenvalue weighted by Gasteiger charge is 2.44. The van der Waals surface area contributed by atoms with Crippen LogP contribution in [0.1, 0.15) is 79.7 Å². The van der Waals surface area contributed by atoms with Gasteiger partial charge in [-0.2, -0.15) is 0 Å². The molecular weight excluding hydrogens is 532 g/mol. The van der Waals surface area contributed by atoms with Crippen molar-refractivity contribution < 1.29 is 9.53 Å². The highest BCUT2D eigenvalue weighted by atomic mass is 16.5. The van der Waals surface area contributed by atoms with Crippen LogP contribution in [0.2, 0.25) is 0 Å². The summed E-state index contributed by atoms with van der Waals surface area (Å²) < 4.78 is 8.32. The number of aromatic nitrogens is 2. The predicted octanol–water partition coefficient (Wildman–Crippen LogP) is 7.18. The average molecular weight is 577 g/mol. The first-order valence-electron chi connectivity index (χ1n) is 16.3. The number of hydrogen-bond acceptors (Lipinski definition) is 4. The van der Waals surface area contributed by atoms with Crippen LogP contribution in [0.15, 0.2) is 78.9 Å². The molecule has 3 saturated heterocycles. The number of carbonyl (C=O) groups is 1. The van der Waals surface area contributed by atoms with Gasteiger partial charge in [0.25, 0.3) is 5.91 Å². The fourth-order valence-corrected chi connectivity index (χ4v) is 8.50. The molecule has 3 fully saturated rings. The molecule has 0 spiro atoms. The van der Waals surface area contributed by atoms with Gasteiger partial charge in [-0.3, -0.25) is 9.69 Å². The second-order valence-electron chi connectivity index (χ2n) is 12.9. The smallest absolute Gasteiger partial charge is 0.257 e. The van der Waals surface area contributed by atoms with Gasteiger partial charge in [0.2, 0.25) is 0 Å². The zero-order valence-corrected chi connectivity index (χ0v) is 25.6. The first-order valence-corrected chi connectivity index (χ1v) is 16.3. The molecule has 3 atom stereocenters. The number of ether oxygens (including phenoxy) is 1. The van der Waals surface area contributed by atoms with Gasteiger partial charge in [0, 0.05) is 31.2 Å². The van der Waals surface area contributed by atoms with Crippen LogP contribution in [0.5, 0.6) is 5.75 Å². The zero-order chi connectivity index (χ0) is 29.4. The number of nitrogens with zero attached hydrogens (tertiary/aromatic N) is 4. The number of amides is 1. The van der Waals surface area contributed by atoms with Crippen LogP contribution in [0.3, 0.4) is 0 Å². The molecule has 4 aromatic rings. The van der Waals surface area contributed by atoms with Crippen molar-refractivity contribution in [3.63, 3.8) is 0 Å². The molecule has 7 rings (SSSR count). The van der Waals surface area contributed by atoms with Gasteiger partial charge in [-0.15, -0.1) is 0 Å². The molecule has 0 radical (unpaired) electrons. The summed E-state index contributed by atoms with van der Waals surface area (Å²) in [5.41, 5.74) is 4.60. The van der Waals surface area contributed by atoms with E-state index in [9.17, 15) is 4.79 Å². The van der Waals surface area contributed by atoms with Crippen molar-refractivity contribution in [1.29, 1.82) is 0 Å². The van der Waals surface area contributed by atoms with Crippen LogP contribution in [0.4, 0.5) is 0 Å². The minimum Gasteiger partial charge on any atom is -0.493 e. The Hall–Kier alpha value is -3.64. The Bertz CT molecular complexity index is 1560. The Morgan fingerprint density at radius 2 is 1.56 bits per heavy atom. The first kappa shape index (κ1) is 28.1. The summed E-state index contributed by atoms with van der Waals surface area (Å²) in [6, 6.07) is 29.2. The third-order valence-corrected chi connectivity index (χ3v) is 10.7. The van der Waals surface area contributed by atoms with Crippen LogP contribution in [-0.2, 0) is 5.41 Å². The number of fused-ring (bicyclic) bond motifs is 3. The fourth-order valence-electron chi connectivity index (χ4n) is 8.50. The monoisotopic (exact) mass is 576 g/mol. The van der Waals surface area contributed by atoms with E-state index in [1.807, 2.05) is 36.1 Å². The number of carbonyl (C=O) groups excluding carboxylic acids is 1. The van der Waals surface area contributed by atoms with Gasteiger partial charge in [-0.25, -0.2) is 4.98 Å². The molecule has 3 aliphatic rings. The maximum Gasteiger partial charge on any atom is 0.257 e. The summed E-state index contributed by atoms with van der Waals surface area (Å²) in [7, 11) is 0. The Balaban J connectivity index is 1.06. The highest BCUT2D eigenvalue weighted by molar-refractivity contribution is 5.97. The molecule has 6 nitrogen and oxygen atoms in total. The van der Waals surface area contributed by atoms with E-state index in [0.717, 1.165) is 50.2 Å². The van der Waals surface area contributed by atoms with Crippen LogP contribution in [0, 0.1) is 6.92 Å². The second-order valence-corrected chi connectivity index (χ2v) is 12.9. The fraction of sp³-hybridized carbons (Fsp3) is 0.459. The number of aryl methyl sites for hydroxylation is 1. The van der Waals surface area contributed by atoms with Gasteiger partial charge < -0.3 is 14.2 Å². The second kappa shape index (κ2) is 11.8. The van der Waals surface area contributed by atoms with Crippen LogP contribution < -0.4 is 4.74 Å². The lowest BCUT2D eigenvalue weighted by Crippen LogP contribution is -2.49. The average Bonchev–Trinajstić information content (AvgIpc) is 3.51. The molecular formula is C37H44N4O2. The molecule has 3 aliphatic heterocycles. The molecule has 4 heterocycles. The van der Waals surface area contributed by atoms with E-state index in [1.54, 1.807) is 0 Å². The van der Waals surface area contributed by atoms with Crippen molar-refractivity contribution >= 4 is 16.9 Å². The lowest BCUT2D eigenvalue weighted by molar-refractivity contribution is 0.0603. The summed E-state index contributed by atoms with van der Waals surface area (Å²) in [5, 5.41) is 0. The third-order valence-electron chi connectivity index (χ3n) is 10.7. The molecule has 1 amide bonds. The molecule has 0 saturated carbocycles. The number of hydrogen-bond donors (Lipinski definition) is 0. The summed E-state index contributed by atoms with van der Waals surface area (Å²) in [4.78, 5) is 23.4. The lowest BCUT2D eigenvalue weighted by Gasteiger charge is -2.45. The Morgan fingerprint density at radius 1 is 0.884 bits per heavy atom. The molecule has 1 aromatic heterocycles. The largest absolute Gasteiger partial charge is 0.493 e. The number of rotatable bonds is 8. The van der Waals surface area contributed by atoms with Crippen molar-refractivity contribution in [3.8, 4) is 5.75 Å². The Labute approximate surface area is 255 Å².